The molecule has 0 radical (unpaired) electrons. The number of alkyl halides is 1. The van der Waals surface area contributed by atoms with Crippen LogP contribution in [0.4, 0.5) is 0 Å². The third kappa shape index (κ3) is 1.64. The van der Waals surface area contributed by atoms with Gasteiger partial charge in [-0.05, 0) is 11.4 Å². The zero-order valence-electron chi connectivity index (χ0n) is 6.40. The number of hydrogen-bond donors (Lipinski definition) is 0. The van der Waals surface area contributed by atoms with Crippen LogP contribution >= 0.6 is 22.9 Å². The van der Waals surface area contributed by atoms with Gasteiger partial charge in [-0.15, -0.1) is 22.9 Å². The summed E-state index contributed by atoms with van der Waals surface area (Å²) in [6, 6.07) is 3.99. The van der Waals surface area contributed by atoms with Crippen LogP contribution in [-0.2, 0) is 9.47 Å². The number of halogens is 1. The molecule has 0 amide bonds. The number of hydrogen-bond acceptors (Lipinski definition) is 3. The van der Waals surface area contributed by atoms with Crippen LogP contribution in [0.3, 0.4) is 0 Å². The van der Waals surface area contributed by atoms with Crippen LogP contribution in [0.5, 0.6) is 0 Å². The van der Waals surface area contributed by atoms with Gasteiger partial charge in [0.05, 0.1) is 23.5 Å². The van der Waals surface area contributed by atoms with E-state index in [9.17, 15) is 0 Å². The second kappa shape index (κ2) is 3.75. The Bertz CT molecular complexity index is 237. The first-order chi connectivity index (χ1) is 5.90. The number of ether oxygens (including phenoxy) is 2. The van der Waals surface area contributed by atoms with E-state index < -0.39 is 0 Å². The highest BCUT2D eigenvalue weighted by Gasteiger charge is 2.26. The molecular weight excluding hydrogens is 196 g/mol. The van der Waals surface area contributed by atoms with Gasteiger partial charge < -0.3 is 9.47 Å². The smallest absolute Gasteiger partial charge is 0.193 e. The van der Waals surface area contributed by atoms with Crippen LogP contribution in [-0.4, -0.2) is 18.6 Å². The van der Waals surface area contributed by atoms with E-state index in [0.29, 0.717) is 12.5 Å². The van der Waals surface area contributed by atoms with Crippen molar-refractivity contribution in [3.8, 4) is 0 Å². The maximum absolute atomic E-state index is 5.63. The minimum Gasteiger partial charge on any atom is -0.345 e. The van der Waals surface area contributed by atoms with Gasteiger partial charge in [0.25, 0.3) is 0 Å². The summed E-state index contributed by atoms with van der Waals surface area (Å²) in [7, 11) is 0. The average Bonchev–Trinajstić information content (AvgIpc) is 2.75. The fraction of sp³-hybridized carbons (Fsp3) is 0.500. The van der Waals surface area contributed by atoms with Crippen LogP contribution in [0, 0.1) is 0 Å². The topological polar surface area (TPSA) is 18.5 Å². The Labute approximate surface area is 80.1 Å². The Morgan fingerprint density at radius 2 is 2.58 bits per heavy atom. The molecule has 2 nitrogen and oxygen atoms in total. The first kappa shape index (κ1) is 8.51. The highest BCUT2D eigenvalue weighted by molar-refractivity contribution is 7.10. The van der Waals surface area contributed by atoms with Gasteiger partial charge in [-0.2, -0.15) is 0 Å². The largest absolute Gasteiger partial charge is 0.345 e. The highest BCUT2D eigenvalue weighted by Crippen LogP contribution is 2.29. The fourth-order valence-corrected chi connectivity index (χ4v) is 1.97. The molecule has 0 aromatic carbocycles. The summed E-state index contributed by atoms with van der Waals surface area (Å²) >= 11 is 7.27. The molecule has 1 saturated heterocycles. The SMILES string of the molecule is ClCC1COC(c2cccs2)O1. The molecule has 1 aromatic heterocycles. The molecule has 2 unspecified atom stereocenters. The van der Waals surface area contributed by atoms with E-state index in [0.717, 1.165) is 4.88 Å². The lowest BCUT2D eigenvalue weighted by molar-refractivity contribution is -0.0540. The Hall–Kier alpha value is -0.0900. The molecule has 1 aromatic rings. The molecule has 66 valence electrons. The van der Waals surface area contributed by atoms with E-state index in [-0.39, 0.29) is 12.4 Å². The van der Waals surface area contributed by atoms with Gasteiger partial charge in [0.1, 0.15) is 0 Å². The average molecular weight is 205 g/mol. The predicted molar refractivity (Wildman–Crippen MR) is 48.6 cm³/mol. The van der Waals surface area contributed by atoms with E-state index in [1.807, 2.05) is 17.5 Å². The molecular formula is C8H9ClO2S. The summed E-state index contributed by atoms with van der Waals surface area (Å²) in [5.74, 6) is 0.502. The van der Waals surface area contributed by atoms with Crippen LogP contribution in [0.2, 0.25) is 0 Å². The molecule has 0 aliphatic carbocycles. The zero-order valence-corrected chi connectivity index (χ0v) is 7.98. The lowest BCUT2D eigenvalue weighted by Crippen LogP contribution is -2.10. The summed E-state index contributed by atoms with van der Waals surface area (Å²) in [4.78, 5) is 1.11. The summed E-state index contributed by atoms with van der Waals surface area (Å²) in [6.07, 6.45) is -0.132. The predicted octanol–water partition coefficient (Wildman–Crippen LogP) is 2.40. The van der Waals surface area contributed by atoms with Gasteiger partial charge in [-0.25, -0.2) is 0 Å². The second-order valence-corrected chi connectivity index (χ2v) is 3.88. The van der Waals surface area contributed by atoms with Crippen molar-refractivity contribution < 1.29 is 9.47 Å². The molecule has 12 heavy (non-hydrogen) atoms. The Balaban J connectivity index is 2.00. The van der Waals surface area contributed by atoms with Crippen LogP contribution < -0.4 is 0 Å². The standard InChI is InChI=1S/C8H9ClO2S/c9-4-6-5-10-8(11-6)7-2-1-3-12-7/h1-3,6,8H,4-5H2. The Morgan fingerprint density at radius 3 is 3.17 bits per heavy atom. The summed E-state index contributed by atoms with van der Waals surface area (Å²) < 4.78 is 10.9. The van der Waals surface area contributed by atoms with E-state index in [4.69, 9.17) is 21.1 Å². The Morgan fingerprint density at radius 1 is 1.67 bits per heavy atom. The molecule has 2 atom stereocenters. The first-order valence-electron chi connectivity index (χ1n) is 3.76. The van der Waals surface area contributed by atoms with Crippen molar-refractivity contribution in [2.45, 2.75) is 12.4 Å². The van der Waals surface area contributed by atoms with Gasteiger partial charge in [0, 0.05) is 0 Å². The van der Waals surface area contributed by atoms with Crippen molar-refractivity contribution >= 4 is 22.9 Å². The minimum absolute atomic E-state index is 0.0544. The van der Waals surface area contributed by atoms with Crippen LogP contribution in [0.1, 0.15) is 11.2 Å². The molecule has 0 spiro atoms. The van der Waals surface area contributed by atoms with Crippen LogP contribution in [0.15, 0.2) is 17.5 Å². The molecule has 0 bridgehead atoms. The molecule has 2 heterocycles. The maximum Gasteiger partial charge on any atom is 0.193 e. The third-order valence-electron chi connectivity index (χ3n) is 1.70. The molecule has 1 aliphatic heterocycles. The van der Waals surface area contributed by atoms with E-state index >= 15 is 0 Å². The fourth-order valence-electron chi connectivity index (χ4n) is 1.10. The summed E-state index contributed by atoms with van der Waals surface area (Å²) in [5, 5.41) is 2.01. The zero-order chi connectivity index (χ0) is 8.39. The van der Waals surface area contributed by atoms with Crippen molar-refractivity contribution in [2.75, 3.05) is 12.5 Å². The summed E-state index contributed by atoms with van der Waals surface area (Å²) in [5.41, 5.74) is 0. The summed E-state index contributed by atoms with van der Waals surface area (Å²) in [6.45, 7) is 0.603. The van der Waals surface area contributed by atoms with Crippen molar-refractivity contribution in [1.29, 1.82) is 0 Å². The van der Waals surface area contributed by atoms with Gasteiger partial charge in [-0.3, -0.25) is 0 Å². The quantitative estimate of drug-likeness (QED) is 0.689. The monoisotopic (exact) mass is 204 g/mol. The Kier molecular flexibility index (Phi) is 2.66. The lowest BCUT2D eigenvalue weighted by atomic mass is 10.4. The molecule has 1 aliphatic rings. The normalized spacial score (nSPS) is 29.4. The minimum atomic E-state index is -0.186. The van der Waals surface area contributed by atoms with E-state index in [1.54, 1.807) is 11.3 Å². The van der Waals surface area contributed by atoms with E-state index in [2.05, 4.69) is 0 Å². The molecule has 4 heteroatoms. The van der Waals surface area contributed by atoms with Gasteiger partial charge in [-0.1, -0.05) is 6.07 Å². The molecule has 0 saturated carbocycles. The maximum atomic E-state index is 5.63. The van der Waals surface area contributed by atoms with Crippen molar-refractivity contribution in [3.05, 3.63) is 22.4 Å². The second-order valence-electron chi connectivity index (χ2n) is 2.59. The van der Waals surface area contributed by atoms with Crippen molar-refractivity contribution in [2.24, 2.45) is 0 Å². The highest BCUT2D eigenvalue weighted by atomic mass is 35.5. The number of thiophene rings is 1. The van der Waals surface area contributed by atoms with Gasteiger partial charge >= 0.3 is 0 Å². The van der Waals surface area contributed by atoms with Crippen LogP contribution in [0.25, 0.3) is 0 Å². The molecule has 1 fully saturated rings. The van der Waals surface area contributed by atoms with Crippen molar-refractivity contribution in [3.63, 3.8) is 0 Å². The van der Waals surface area contributed by atoms with Gasteiger partial charge in [0.2, 0.25) is 0 Å². The first-order valence-corrected chi connectivity index (χ1v) is 5.18. The molecule has 2 rings (SSSR count). The van der Waals surface area contributed by atoms with E-state index in [1.165, 1.54) is 0 Å². The number of rotatable bonds is 2. The molecule has 0 N–H and O–H groups in total. The van der Waals surface area contributed by atoms with Gasteiger partial charge in [0.15, 0.2) is 6.29 Å². The third-order valence-corrected chi connectivity index (χ3v) is 2.94. The van der Waals surface area contributed by atoms with Crippen molar-refractivity contribution in [1.82, 2.24) is 0 Å². The lowest BCUT2D eigenvalue weighted by Gasteiger charge is -2.06.